The lowest BCUT2D eigenvalue weighted by Crippen LogP contribution is -2.02. The predicted molar refractivity (Wildman–Crippen MR) is 55.2 cm³/mol. The molecule has 2 rings (SSSR count). The Morgan fingerprint density at radius 3 is 1.75 bits per heavy atom. The Morgan fingerprint density at radius 1 is 0.938 bits per heavy atom. The topological polar surface area (TPSA) is 83.3 Å². The molecule has 0 radical (unpaired) electrons. The van der Waals surface area contributed by atoms with Crippen LogP contribution in [0.4, 0.5) is 0 Å². The first kappa shape index (κ1) is 10.1. The van der Waals surface area contributed by atoms with Crippen LogP contribution >= 0.6 is 0 Å². The van der Waals surface area contributed by atoms with Crippen LogP contribution in [0.15, 0.2) is 36.9 Å². The van der Waals surface area contributed by atoms with E-state index in [9.17, 15) is 15.0 Å². The zero-order valence-electron chi connectivity index (χ0n) is 8.16. The van der Waals surface area contributed by atoms with E-state index in [1.165, 1.54) is 36.9 Å². The zero-order valence-corrected chi connectivity index (χ0v) is 8.16. The fourth-order valence-corrected chi connectivity index (χ4v) is 1.30. The fraction of sp³-hybridized carbons (Fsp3) is 0. The Kier molecular flexibility index (Phi) is 2.51. The van der Waals surface area contributed by atoms with Gasteiger partial charge in [0.1, 0.15) is 11.5 Å². The molecule has 5 heteroatoms. The highest BCUT2D eigenvalue weighted by molar-refractivity contribution is 6.11. The number of hydrogen-bond acceptors (Lipinski definition) is 5. The van der Waals surface area contributed by atoms with Gasteiger partial charge in [0.15, 0.2) is 0 Å². The van der Waals surface area contributed by atoms with Crippen LogP contribution in [0, 0.1) is 0 Å². The second-order valence-corrected chi connectivity index (χ2v) is 3.11. The van der Waals surface area contributed by atoms with Crippen molar-refractivity contribution in [1.29, 1.82) is 0 Å². The van der Waals surface area contributed by atoms with E-state index in [-0.39, 0.29) is 22.6 Å². The lowest BCUT2D eigenvalue weighted by atomic mass is 10.0. The summed E-state index contributed by atoms with van der Waals surface area (Å²) >= 11 is 0. The van der Waals surface area contributed by atoms with Gasteiger partial charge in [0.2, 0.25) is 5.78 Å². The van der Waals surface area contributed by atoms with E-state index in [1.807, 2.05) is 0 Å². The maximum Gasteiger partial charge on any atom is 0.200 e. The van der Waals surface area contributed by atoms with Gasteiger partial charge < -0.3 is 10.2 Å². The minimum absolute atomic E-state index is 0.0940. The van der Waals surface area contributed by atoms with E-state index in [0.29, 0.717) is 0 Å². The van der Waals surface area contributed by atoms with Crippen LogP contribution in [0.2, 0.25) is 0 Å². The summed E-state index contributed by atoms with van der Waals surface area (Å²) in [4.78, 5) is 19.2. The molecule has 2 N–H and O–H groups in total. The van der Waals surface area contributed by atoms with Crippen LogP contribution in [-0.2, 0) is 0 Å². The molecule has 2 aromatic heterocycles. The van der Waals surface area contributed by atoms with E-state index in [1.54, 1.807) is 0 Å². The molecule has 0 saturated heterocycles. The highest BCUT2D eigenvalue weighted by Crippen LogP contribution is 2.23. The van der Waals surface area contributed by atoms with Gasteiger partial charge in [-0.05, 0) is 12.1 Å². The molecule has 0 aromatic carbocycles. The molecule has 0 atom stereocenters. The van der Waals surface area contributed by atoms with E-state index in [4.69, 9.17) is 0 Å². The average molecular weight is 216 g/mol. The van der Waals surface area contributed by atoms with Crippen molar-refractivity contribution in [2.75, 3.05) is 0 Å². The summed E-state index contributed by atoms with van der Waals surface area (Å²) in [5, 5.41) is 18.9. The molecule has 0 amide bonds. The van der Waals surface area contributed by atoms with Crippen LogP contribution in [0.5, 0.6) is 11.5 Å². The maximum atomic E-state index is 11.9. The third kappa shape index (κ3) is 1.70. The van der Waals surface area contributed by atoms with E-state index in [2.05, 4.69) is 9.97 Å². The van der Waals surface area contributed by atoms with E-state index < -0.39 is 5.78 Å². The summed E-state index contributed by atoms with van der Waals surface area (Å²) in [6, 6.07) is 2.77. The van der Waals surface area contributed by atoms with Crippen molar-refractivity contribution >= 4 is 5.78 Å². The number of carbonyl (C=O) groups excluding carboxylic acids is 1. The molecule has 0 saturated carbocycles. The largest absolute Gasteiger partial charge is 0.506 e. The number of aromatic hydroxyl groups is 2. The van der Waals surface area contributed by atoms with Crippen molar-refractivity contribution < 1.29 is 15.0 Å². The fourth-order valence-electron chi connectivity index (χ4n) is 1.30. The molecule has 5 nitrogen and oxygen atoms in total. The Hall–Kier alpha value is -2.43. The number of ketones is 1. The maximum absolute atomic E-state index is 11.9. The van der Waals surface area contributed by atoms with Crippen LogP contribution in [0.25, 0.3) is 0 Å². The van der Waals surface area contributed by atoms with Crippen molar-refractivity contribution in [2.45, 2.75) is 0 Å². The van der Waals surface area contributed by atoms with Gasteiger partial charge in [-0.1, -0.05) is 0 Å². The normalized spacial score (nSPS) is 10.0. The van der Waals surface area contributed by atoms with Gasteiger partial charge >= 0.3 is 0 Å². The molecule has 2 aromatic rings. The van der Waals surface area contributed by atoms with Crippen LogP contribution < -0.4 is 0 Å². The third-order valence-corrected chi connectivity index (χ3v) is 2.09. The second kappa shape index (κ2) is 3.98. The van der Waals surface area contributed by atoms with Crippen LogP contribution in [-0.4, -0.2) is 26.0 Å². The number of carbonyl (C=O) groups is 1. The SMILES string of the molecule is O=C(c1ccncc1O)c1ccncc1O. The highest BCUT2D eigenvalue weighted by atomic mass is 16.3. The number of pyridine rings is 2. The van der Waals surface area contributed by atoms with Crippen LogP contribution in [0.1, 0.15) is 15.9 Å². The summed E-state index contributed by atoms with van der Waals surface area (Å²) in [6.07, 6.45) is 5.13. The van der Waals surface area contributed by atoms with Crippen molar-refractivity contribution in [1.82, 2.24) is 9.97 Å². The molecule has 16 heavy (non-hydrogen) atoms. The van der Waals surface area contributed by atoms with Gasteiger partial charge in [0.05, 0.1) is 23.5 Å². The molecular formula is C11H8N2O3. The first-order chi connectivity index (χ1) is 7.70. The van der Waals surface area contributed by atoms with Crippen molar-refractivity contribution in [3.63, 3.8) is 0 Å². The summed E-state index contributed by atoms with van der Waals surface area (Å²) in [7, 11) is 0. The molecule has 0 bridgehead atoms. The summed E-state index contributed by atoms with van der Waals surface area (Å²) in [6.45, 7) is 0. The Labute approximate surface area is 91.0 Å². The number of rotatable bonds is 2. The lowest BCUT2D eigenvalue weighted by molar-refractivity contribution is 0.103. The predicted octanol–water partition coefficient (Wildman–Crippen LogP) is 1.12. The van der Waals surface area contributed by atoms with E-state index >= 15 is 0 Å². The van der Waals surface area contributed by atoms with Gasteiger partial charge in [-0.2, -0.15) is 0 Å². The van der Waals surface area contributed by atoms with Crippen molar-refractivity contribution in [2.24, 2.45) is 0 Å². The molecule has 0 aliphatic rings. The van der Waals surface area contributed by atoms with Gasteiger partial charge in [-0.3, -0.25) is 14.8 Å². The molecule has 0 spiro atoms. The summed E-state index contributed by atoms with van der Waals surface area (Å²) in [5.74, 6) is -0.910. The highest BCUT2D eigenvalue weighted by Gasteiger charge is 2.16. The molecule has 0 aliphatic heterocycles. The zero-order chi connectivity index (χ0) is 11.5. The monoisotopic (exact) mass is 216 g/mol. The number of nitrogens with zero attached hydrogens (tertiary/aromatic N) is 2. The van der Waals surface area contributed by atoms with Crippen LogP contribution in [0.3, 0.4) is 0 Å². The average Bonchev–Trinajstić information content (AvgIpc) is 2.29. The van der Waals surface area contributed by atoms with Gasteiger partial charge in [0.25, 0.3) is 0 Å². The molecular weight excluding hydrogens is 208 g/mol. The molecule has 0 unspecified atom stereocenters. The Bertz CT molecular complexity index is 493. The molecule has 0 fully saturated rings. The van der Waals surface area contributed by atoms with Crippen molar-refractivity contribution in [3.8, 4) is 11.5 Å². The van der Waals surface area contributed by atoms with Gasteiger partial charge in [-0.25, -0.2) is 0 Å². The van der Waals surface area contributed by atoms with E-state index in [0.717, 1.165) is 0 Å². The number of aromatic nitrogens is 2. The summed E-state index contributed by atoms with van der Waals surface area (Å²) in [5.41, 5.74) is 0.188. The lowest BCUT2D eigenvalue weighted by Gasteiger charge is -2.04. The molecule has 0 aliphatic carbocycles. The van der Waals surface area contributed by atoms with Crippen molar-refractivity contribution in [3.05, 3.63) is 48.0 Å². The Balaban J connectivity index is 2.48. The minimum Gasteiger partial charge on any atom is -0.506 e. The number of hydrogen-bond donors (Lipinski definition) is 2. The standard InChI is InChI=1S/C11H8N2O3/c14-9-5-12-3-1-7(9)11(16)8-2-4-13-6-10(8)15/h1-6,14-15H. The summed E-state index contributed by atoms with van der Waals surface area (Å²) < 4.78 is 0. The molecule has 2 heterocycles. The quantitative estimate of drug-likeness (QED) is 0.735. The third-order valence-electron chi connectivity index (χ3n) is 2.09. The first-order valence-electron chi connectivity index (χ1n) is 4.51. The molecule has 80 valence electrons. The smallest absolute Gasteiger partial charge is 0.200 e. The minimum atomic E-state index is -0.472. The first-order valence-corrected chi connectivity index (χ1v) is 4.51. The van der Waals surface area contributed by atoms with Gasteiger partial charge in [-0.15, -0.1) is 0 Å². The van der Waals surface area contributed by atoms with Gasteiger partial charge in [0, 0.05) is 12.4 Å². The Morgan fingerprint density at radius 2 is 1.38 bits per heavy atom. The second-order valence-electron chi connectivity index (χ2n) is 3.11.